The molecule has 0 aliphatic heterocycles. The summed E-state index contributed by atoms with van der Waals surface area (Å²) in [6.45, 7) is 14.9. The topological polar surface area (TPSA) is 34.1 Å². The van der Waals surface area contributed by atoms with Crippen molar-refractivity contribution in [1.82, 2.24) is 0 Å². The molecule has 140 valence electrons. The summed E-state index contributed by atoms with van der Waals surface area (Å²) in [5, 5.41) is 0. The lowest BCUT2D eigenvalue weighted by Crippen LogP contribution is -2.24. The Balaban J connectivity index is 3.09. The van der Waals surface area contributed by atoms with Crippen molar-refractivity contribution >= 4 is 11.6 Å². The van der Waals surface area contributed by atoms with Crippen LogP contribution < -0.4 is 0 Å². The quantitative estimate of drug-likeness (QED) is 0.311. The number of hydrogen-bond acceptors (Lipinski definition) is 2. The van der Waals surface area contributed by atoms with Gasteiger partial charge < -0.3 is 0 Å². The van der Waals surface area contributed by atoms with Crippen molar-refractivity contribution in [2.45, 2.75) is 97.8 Å². The van der Waals surface area contributed by atoms with Crippen LogP contribution in [-0.2, 0) is 15.6 Å². The van der Waals surface area contributed by atoms with E-state index >= 15 is 0 Å². The fourth-order valence-electron chi connectivity index (χ4n) is 3.21. The number of ketones is 2. The van der Waals surface area contributed by atoms with E-state index in [1.807, 2.05) is 18.2 Å². The molecule has 0 aliphatic carbocycles. The van der Waals surface area contributed by atoms with Crippen molar-refractivity contribution in [3.8, 4) is 0 Å². The minimum Gasteiger partial charge on any atom is -0.299 e. The molecule has 0 aromatic heterocycles. The number of unbranched alkanes of at least 4 members (excludes halogenated alkanes) is 3. The first kappa shape index (κ1) is 21.6. The van der Waals surface area contributed by atoms with Gasteiger partial charge in [-0.15, -0.1) is 0 Å². The van der Waals surface area contributed by atoms with Gasteiger partial charge in [0.05, 0.1) is 6.42 Å². The summed E-state index contributed by atoms with van der Waals surface area (Å²) >= 11 is 0. The maximum absolute atomic E-state index is 13.1. The molecular formula is C23H36O2. The van der Waals surface area contributed by atoms with Crippen molar-refractivity contribution in [2.75, 3.05) is 0 Å². The van der Waals surface area contributed by atoms with Crippen LogP contribution in [0.3, 0.4) is 0 Å². The Morgan fingerprint density at radius 1 is 0.840 bits per heavy atom. The summed E-state index contributed by atoms with van der Waals surface area (Å²) in [7, 11) is 0. The van der Waals surface area contributed by atoms with Gasteiger partial charge in [-0.1, -0.05) is 85.9 Å². The fourth-order valence-corrected chi connectivity index (χ4v) is 3.21. The molecule has 0 heterocycles. The standard InChI is InChI=1S/C23H36O2/c1-8-9-10-11-13-17(24)16-20(25)21-18(22(2,3)4)14-12-15-19(21)23(5,6)7/h12,14-15H,8-11,13,16H2,1-7H3. The summed E-state index contributed by atoms with van der Waals surface area (Å²) in [6.07, 6.45) is 4.83. The zero-order chi connectivity index (χ0) is 19.3. The normalized spacial score (nSPS) is 12.3. The smallest absolute Gasteiger partial charge is 0.170 e. The van der Waals surface area contributed by atoms with Crippen molar-refractivity contribution in [3.05, 3.63) is 34.9 Å². The van der Waals surface area contributed by atoms with Gasteiger partial charge in [0.2, 0.25) is 0 Å². The van der Waals surface area contributed by atoms with E-state index in [-0.39, 0.29) is 28.8 Å². The van der Waals surface area contributed by atoms with E-state index < -0.39 is 0 Å². The van der Waals surface area contributed by atoms with Gasteiger partial charge in [-0.25, -0.2) is 0 Å². The Morgan fingerprint density at radius 2 is 1.36 bits per heavy atom. The highest BCUT2D eigenvalue weighted by molar-refractivity contribution is 6.09. The lowest BCUT2D eigenvalue weighted by molar-refractivity contribution is -0.118. The van der Waals surface area contributed by atoms with Crippen molar-refractivity contribution in [1.29, 1.82) is 0 Å². The molecule has 1 aromatic rings. The van der Waals surface area contributed by atoms with Crippen LogP contribution in [0.15, 0.2) is 18.2 Å². The predicted molar refractivity (Wildman–Crippen MR) is 107 cm³/mol. The highest BCUT2D eigenvalue weighted by Gasteiger charge is 2.29. The molecule has 1 rings (SSSR count). The number of rotatable bonds is 8. The van der Waals surface area contributed by atoms with E-state index in [1.54, 1.807) is 0 Å². The predicted octanol–water partition coefficient (Wildman–Crippen LogP) is 6.39. The third-order valence-electron chi connectivity index (χ3n) is 4.63. The van der Waals surface area contributed by atoms with Gasteiger partial charge in [0.15, 0.2) is 5.78 Å². The van der Waals surface area contributed by atoms with Crippen LogP contribution in [0.2, 0.25) is 0 Å². The molecule has 2 heteroatoms. The van der Waals surface area contributed by atoms with Crippen LogP contribution >= 0.6 is 0 Å². The summed E-state index contributed by atoms with van der Waals surface area (Å²) in [5.41, 5.74) is 2.60. The van der Waals surface area contributed by atoms with Gasteiger partial charge in [0.1, 0.15) is 5.78 Å². The van der Waals surface area contributed by atoms with Gasteiger partial charge in [0.25, 0.3) is 0 Å². The second kappa shape index (κ2) is 8.78. The maximum atomic E-state index is 13.1. The van der Waals surface area contributed by atoms with Crippen LogP contribution in [0.25, 0.3) is 0 Å². The number of benzene rings is 1. The first-order valence-corrected chi connectivity index (χ1v) is 9.67. The SMILES string of the molecule is CCCCCCC(=O)CC(=O)c1c(C(C)(C)C)cccc1C(C)(C)C. The zero-order valence-corrected chi connectivity index (χ0v) is 17.3. The van der Waals surface area contributed by atoms with Crippen molar-refractivity contribution < 1.29 is 9.59 Å². The molecule has 0 bridgehead atoms. The van der Waals surface area contributed by atoms with Crippen molar-refractivity contribution in [2.24, 2.45) is 0 Å². The van der Waals surface area contributed by atoms with Crippen LogP contribution in [0.5, 0.6) is 0 Å². The van der Waals surface area contributed by atoms with Crippen LogP contribution in [0.4, 0.5) is 0 Å². The van der Waals surface area contributed by atoms with Gasteiger partial charge in [0, 0.05) is 12.0 Å². The number of hydrogen-bond donors (Lipinski definition) is 0. The molecule has 0 spiro atoms. The fraction of sp³-hybridized carbons (Fsp3) is 0.652. The van der Waals surface area contributed by atoms with Crippen LogP contribution in [0.1, 0.15) is 108 Å². The van der Waals surface area contributed by atoms with Gasteiger partial charge in [-0.2, -0.15) is 0 Å². The third kappa shape index (κ3) is 6.41. The van der Waals surface area contributed by atoms with Crippen LogP contribution in [0, 0.1) is 0 Å². The molecule has 0 amide bonds. The highest BCUT2D eigenvalue weighted by atomic mass is 16.1. The molecule has 25 heavy (non-hydrogen) atoms. The molecule has 0 unspecified atom stereocenters. The van der Waals surface area contributed by atoms with E-state index in [4.69, 9.17) is 0 Å². The number of Topliss-reactive ketones (excluding diaryl/α,β-unsaturated/α-hetero) is 2. The van der Waals surface area contributed by atoms with Crippen LogP contribution in [-0.4, -0.2) is 11.6 Å². The lowest BCUT2D eigenvalue weighted by Gasteiger charge is -2.29. The Kier molecular flexibility index (Phi) is 7.59. The number of carbonyl (C=O) groups excluding carboxylic acids is 2. The molecule has 0 aliphatic rings. The molecule has 0 saturated heterocycles. The summed E-state index contributed by atoms with van der Waals surface area (Å²) in [5.74, 6) is 0.0561. The van der Waals surface area contributed by atoms with Gasteiger partial charge in [-0.05, 0) is 28.4 Å². The maximum Gasteiger partial charge on any atom is 0.170 e. The highest BCUT2D eigenvalue weighted by Crippen LogP contribution is 2.34. The van der Waals surface area contributed by atoms with E-state index in [1.165, 1.54) is 0 Å². The summed E-state index contributed by atoms with van der Waals surface area (Å²) in [6, 6.07) is 6.10. The van der Waals surface area contributed by atoms with Crippen molar-refractivity contribution in [3.63, 3.8) is 0 Å². The lowest BCUT2D eigenvalue weighted by atomic mass is 9.74. The Labute approximate surface area is 154 Å². The molecule has 0 radical (unpaired) electrons. The average molecular weight is 345 g/mol. The largest absolute Gasteiger partial charge is 0.299 e. The Hall–Kier alpha value is -1.44. The first-order valence-electron chi connectivity index (χ1n) is 9.67. The van der Waals surface area contributed by atoms with Gasteiger partial charge >= 0.3 is 0 Å². The molecular weight excluding hydrogens is 308 g/mol. The third-order valence-corrected chi connectivity index (χ3v) is 4.63. The van der Waals surface area contributed by atoms with Gasteiger partial charge in [-0.3, -0.25) is 9.59 Å². The van der Waals surface area contributed by atoms with E-state index in [9.17, 15) is 9.59 Å². The molecule has 0 fully saturated rings. The van der Waals surface area contributed by atoms with E-state index in [0.717, 1.165) is 42.4 Å². The monoisotopic (exact) mass is 344 g/mol. The summed E-state index contributed by atoms with van der Waals surface area (Å²) in [4.78, 5) is 25.3. The summed E-state index contributed by atoms with van der Waals surface area (Å²) < 4.78 is 0. The average Bonchev–Trinajstić information content (AvgIpc) is 2.49. The minimum absolute atomic E-state index is 0.0176. The molecule has 1 aromatic carbocycles. The number of carbonyl (C=O) groups is 2. The molecule has 0 N–H and O–H groups in total. The van der Waals surface area contributed by atoms with E-state index in [2.05, 4.69) is 48.5 Å². The zero-order valence-electron chi connectivity index (χ0n) is 17.3. The second-order valence-electron chi connectivity index (χ2n) is 9.18. The Bertz CT molecular complexity index is 565. The minimum atomic E-state index is -0.129. The molecule has 0 atom stereocenters. The molecule has 2 nitrogen and oxygen atoms in total. The van der Waals surface area contributed by atoms with E-state index in [0.29, 0.717) is 6.42 Å². The Morgan fingerprint density at radius 3 is 1.80 bits per heavy atom. The molecule has 0 saturated carbocycles. The second-order valence-corrected chi connectivity index (χ2v) is 9.18. The first-order chi connectivity index (χ1) is 11.5.